The molecule has 2 unspecified atom stereocenters. The summed E-state index contributed by atoms with van der Waals surface area (Å²) in [5.74, 6) is -1.88. The summed E-state index contributed by atoms with van der Waals surface area (Å²) in [5, 5.41) is 0. The molecule has 18 heavy (non-hydrogen) atoms. The van der Waals surface area contributed by atoms with Crippen molar-refractivity contribution in [3.8, 4) is 0 Å². The molecule has 1 fully saturated rings. The maximum atomic E-state index is 11.8. The minimum Gasteiger partial charge on any atom is -0.465 e. The van der Waals surface area contributed by atoms with Gasteiger partial charge in [-0.3, -0.25) is 14.4 Å². The average molecular weight is 256 g/mol. The number of esters is 2. The van der Waals surface area contributed by atoms with Crippen molar-refractivity contribution >= 4 is 17.7 Å². The topological polar surface area (TPSA) is 69.7 Å². The Morgan fingerprint density at radius 3 is 2.61 bits per heavy atom. The summed E-state index contributed by atoms with van der Waals surface area (Å²) in [6.07, 6.45) is 2.23. The highest BCUT2D eigenvalue weighted by molar-refractivity contribution is 5.95. The van der Waals surface area contributed by atoms with E-state index >= 15 is 0 Å². The van der Waals surface area contributed by atoms with E-state index in [1.807, 2.05) is 0 Å². The number of hydrogen-bond acceptors (Lipinski definition) is 5. The molecule has 0 aromatic carbocycles. The van der Waals surface area contributed by atoms with Crippen molar-refractivity contribution in [2.75, 3.05) is 6.61 Å². The molecule has 0 aromatic rings. The van der Waals surface area contributed by atoms with Crippen LogP contribution >= 0.6 is 0 Å². The van der Waals surface area contributed by atoms with Gasteiger partial charge in [-0.25, -0.2) is 0 Å². The molecule has 102 valence electrons. The van der Waals surface area contributed by atoms with Crippen molar-refractivity contribution in [3.05, 3.63) is 0 Å². The molecule has 0 aliphatic heterocycles. The Kier molecular flexibility index (Phi) is 5.82. The molecule has 1 rings (SSSR count). The van der Waals surface area contributed by atoms with Crippen LogP contribution in [0, 0.1) is 5.92 Å². The standard InChI is InChI=1S/C13H20O5/c1-3-11(12(15)17-4-2)13(16)18-10-7-5-6-9(14)8-10/h10-11H,3-8H2,1-2H3. The summed E-state index contributed by atoms with van der Waals surface area (Å²) in [6, 6.07) is 0. The number of carbonyl (C=O) groups excluding carboxylic acids is 3. The molecule has 2 atom stereocenters. The van der Waals surface area contributed by atoms with Crippen molar-refractivity contribution in [2.45, 2.75) is 52.1 Å². The van der Waals surface area contributed by atoms with Crippen LogP contribution in [0.15, 0.2) is 0 Å². The normalized spacial score (nSPS) is 21.2. The molecule has 0 aromatic heterocycles. The van der Waals surface area contributed by atoms with Crippen molar-refractivity contribution in [1.82, 2.24) is 0 Å². The van der Waals surface area contributed by atoms with Gasteiger partial charge in [-0.1, -0.05) is 6.92 Å². The second-order valence-corrected chi connectivity index (χ2v) is 4.41. The predicted molar refractivity (Wildman–Crippen MR) is 63.8 cm³/mol. The Morgan fingerprint density at radius 1 is 1.33 bits per heavy atom. The zero-order valence-electron chi connectivity index (χ0n) is 10.9. The average Bonchev–Trinajstić information content (AvgIpc) is 2.30. The molecule has 5 nitrogen and oxygen atoms in total. The van der Waals surface area contributed by atoms with E-state index < -0.39 is 17.9 Å². The lowest BCUT2D eigenvalue weighted by molar-refractivity contribution is -0.166. The Labute approximate surface area is 107 Å². The zero-order valence-corrected chi connectivity index (χ0v) is 10.9. The second-order valence-electron chi connectivity index (χ2n) is 4.41. The summed E-state index contributed by atoms with van der Waals surface area (Å²) in [4.78, 5) is 34.6. The van der Waals surface area contributed by atoms with Crippen LogP contribution in [0.4, 0.5) is 0 Å². The van der Waals surface area contributed by atoms with E-state index in [0.29, 0.717) is 19.3 Å². The van der Waals surface area contributed by atoms with Gasteiger partial charge in [-0.15, -0.1) is 0 Å². The van der Waals surface area contributed by atoms with E-state index in [1.54, 1.807) is 13.8 Å². The summed E-state index contributed by atoms with van der Waals surface area (Å²) >= 11 is 0. The first-order valence-corrected chi connectivity index (χ1v) is 6.47. The largest absolute Gasteiger partial charge is 0.465 e. The lowest BCUT2D eigenvalue weighted by Gasteiger charge is -2.23. The fourth-order valence-corrected chi connectivity index (χ4v) is 2.00. The van der Waals surface area contributed by atoms with Gasteiger partial charge in [0, 0.05) is 12.8 Å². The fourth-order valence-electron chi connectivity index (χ4n) is 2.00. The van der Waals surface area contributed by atoms with Gasteiger partial charge < -0.3 is 9.47 Å². The number of hydrogen-bond donors (Lipinski definition) is 0. The highest BCUT2D eigenvalue weighted by atomic mass is 16.6. The maximum absolute atomic E-state index is 11.8. The zero-order chi connectivity index (χ0) is 13.5. The number of ketones is 1. The van der Waals surface area contributed by atoms with Crippen LogP contribution in [0.3, 0.4) is 0 Å². The first kappa shape index (κ1) is 14.7. The van der Waals surface area contributed by atoms with Crippen LogP contribution < -0.4 is 0 Å². The Balaban J connectivity index is 2.51. The van der Waals surface area contributed by atoms with Crippen molar-refractivity contribution in [2.24, 2.45) is 5.92 Å². The van der Waals surface area contributed by atoms with Crippen LogP contribution in [-0.4, -0.2) is 30.4 Å². The third-order valence-corrected chi connectivity index (χ3v) is 2.98. The van der Waals surface area contributed by atoms with E-state index in [9.17, 15) is 14.4 Å². The molecule has 5 heteroatoms. The second kappa shape index (κ2) is 7.13. The molecule has 0 amide bonds. The third kappa shape index (κ3) is 4.13. The minimum absolute atomic E-state index is 0.114. The molecule has 0 heterocycles. The Bertz CT molecular complexity index is 323. The first-order valence-electron chi connectivity index (χ1n) is 6.47. The van der Waals surface area contributed by atoms with Crippen LogP contribution in [-0.2, 0) is 23.9 Å². The first-order chi connectivity index (χ1) is 8.58. The Morgan fingerprint density at radius 2 is 2.06 bits per heavy atom. The molecule has 0 spiro atoms. The van der Waals surface area contributed by atoms with E-state index in [1.165, 1.54) is 0 Å². The van der Waals surface area contributed by atoms with Crippen LogP contribution in [0.25, 0.3) is 0 Å². The summed E-state index contributed by atoms with van der Waals surface area (Å²) in [6.45, 7) is 3.66. The molecule has 1 saturated carbocycles. The minimum atomic E-state index is -0.873. The molecule has 1 aliphatic carbocycles. The van der Waals surface area contributed by atoms with Gasteiger partial charge in [0.25, 0.3) is 0 Å². The molecular formula is C13H20O5. The molecule has 1 aliphatic rings. The van der Waals surface area contributed by atoms with Crippen molar-refractivity contribution in [1.29, 1.82) is 0 Å². The highest BCUT2D eigenvalue weighted by Crippen LogP contribution is 2.20. The molecule has 0 N–H and O–H groups in total. The third-order valence-electron chi connectivity index (χ3n) is 2.98. The maximum Gasteiger partial charge on any atom is 0.320 e. The lowest BCUT2D eigenvalue weighted by Crippen LogP contribution is -2.33. The SMILES string of the molecule is CCOC(=O)C(CC)C(=O)OC1CCCC(=O)C1. The summed E-state index contributed by atoms with van der Waals surface area (Å²) in [5.41, 5.74) is 0. The van der Waals surface area contributed by atoms with Gasteiger partial charge in [0.1, 0.15) is 11.9 Å². The Hall–Kier alpha value is -1.39. The molecular weight excluding hydrogens is 236 g/mol. The monoisotopic (exact) mass is 256 g/mol. The summed E-state index contributed by atoms with van der Waals surface area (Å²) < 4.78 is 10.0. The number of Topliss-reactive ketones (excluding diaryl/α,β-unsaturated/α-hetero) is 1. The number of ether oxygens (including phenoxy) is 2. The van der Waals surface area contributed by atoms with Gasteiger partial charge >= 0.3 is 11.9 Å². The van der Waals surface area contributed by atoms with Gasteiger partial charge in [-0.2, -0.15) is 0 Å². The predicted octanol–water partition coefficient (Wildman–Crippen LogP) is 1.63. The number of carbonyl (C=O) groups is 3. The van der Waals surface area contributed by atoms with Crippen LogP contribution in [0.1, 0.15) is 46.0 Å². The molecule has 0 radical (unpaired) electrons. The lowest BCUT2D eigenvalue weighted by atomic mass is 9.96. The van der Waals surface area contributed by atoms with E-state index in [0.717, 1.165) is 6.42 Å². The van der Waals surface area contributed by atoms with Crippen molar-refractivity contribution in [3.63, 3.8) is 0 Å². The van der Waals surface area contributed by atoms with Crippen LogP contribution in [0.5, 0.6) is 0 Å². The number of rotatable bonds is 5. The van der Waals surface area contributed by atoms with Gasteiger partial charge in [0.05, 0.1) is 6.61 Å². The van der Waals surface area contributed by atoms with E-state index in [2.05, 4.69) is 0 Å². The quantitative estimate of drug-likeness (QED) is 0.552. The van der Waals surface area contributed by atoms with Gasteiger partial charge in [-0.05, 0) is 26.2 Å². The van der Waals surface area contributed by atoms with Gasteiger partial charge in [0.2, 0.25) is 0 Å². The van der Waals surface area contributed by atoms with Crippen LogP contribution in [0.2, 0.25) is 0 Å². The van der Waals surface area contributed by atoms with E-state index in [-0.39, 0.29) is 24.9 Å². The molecule has 0 saturated heterocycles. The van der Waals surface area contributed by atoms with E-state index in [4.69, 9.17) is 9.47 Å². The smallest absolute Gasteiger partial charge is 0.320 e. The summed E-state index contributed by atoms with van der Waals surface area (Å²) in [7, 11) is 0. The fraction of sp³-hybridized carbons (Fsp3) is 0.769. The van der Waals surface area contributed by atoms with Gasteiger partial charge in [0.15, 0.2) is 5.92 Å². The molecule has 0 bridgehead atoms. The highest BCUT2D eigenvalue weighted by Gasteiger charge is 2.31. The van der Waals surface area contributed by atoms with Crippen molar-refractivity contribution < 1.29 is 23.9 Å².